The molecule has 0 bridgehead atoms. The summed E-state index contributed by atoms with van der Waals surface area (Å²) in [5.41, 5.74) is 2.12. The second-order valence-corrected chi connectivity index (χ2v) is 6.29. The predicted octanol–water partition coefficient (Wildman–Crippen LogP) is 1.17. The van der Waals surface area contributed by atoms with Crippen molar-refractivity contribution in [1.29, 1.82) is 0 Å². The summed E-state index contributed by atoms with van der Waals surface area (Å²) in [4.78, 5) is 32.3. The van der Waals surface area contributed by atoms with Crippen molar-refractivity contribution in [3.8, 4) is 11.3 Å². The summed E-state index contributed by atoms with van der Waals surface area (Å²) in [5.74, 6) is 0.424. The van der Waals surface area contributed by atoms with Gasteiger partial charge in [0.2, 0.25) is 5.91 Å². The van der Waals surface area contributed by atoms with E-state index in [4.69, 9.17) is 0 Å². The molecule has 3 heterocycles. The minimum absolute atomic E-state index is 0.0682. The lowest BCUT2D eigenvalue weighted by Crippen LogP contribution is -2.51. The molecular weight excluding hydrogens is 306 g/mol. The van der Waals surface area contributed by atoms with Gasteiger partial charge in [-0.1, -0.05) is 0 Å². The van der Waals surface area contributed by atoms with Crippen LogP contribution in [0.15, 0.2) is 30.6 Å². The zero-order valence-corrected chi connectivity index (χ0v) is 13.3. The van der Waals surface area contributed by atoms with Crippen LogP contribution in [0.2, 0.25) is 0 Å². The minimum Gasteiger partial charge on any atom is -0.339 e. The molecule has 1 saturated carbocycles. The number of carbonyl (C=O) groups is 2. The van der Waals surface area contributed by atoms with Crippen LogP contribution in [0.1, 0.15) is 23.3 Å². The number of rotatable bonds is 3. The number of aromatic amines is 1. The van der Waals surface area contributed by atoms with Gasteiger partial charge in [0.05, 0.1) is 5.69 Å². The Morgan fingerprint density at radius 1 is 1.04 bits per heavy atom. The summed E-state index contributed by atoms with van der Waals surface area (Å²) in [6, 6.07) is 5.47. The Bertz CT molecular complexity index is 745. The average molecular weight is 325 g/mol. The van der Waals surface area contributed by atoms with Crippen LogP contribution in [-0.2, 0) is 4.79 Å². The third-order valence-electron chi connectivity index (χ3n) is 4.59. The molecule has 124 valence electrons. The molecule has 2 aliphatic rings. The molecule has 1 saturated heterocycles. The van der Waals surface area contributed by atoms with Crippen molar-refractivity contribution in [2.45, 2.75) is 12.8 Å². The maximum atomic E-state index is 12.6. The summed E-state index contributed by atoms with van der Waals surface area (Å²) in [5, 5.41) is 7.03. The van der Waals surface area contributed by atoms with Crippen LogP contribution >= 0.6 is 0 Å². The van der Waals surface area contributed by atoms with Gasteiger partial charge in [0.25, 0.3) is 5.91 Å². The van der Waals surface area contributed by atoms with E-state index in [0.717, 1.165) is 24.1 Å². The lowest BCUT2D eigenvalue weighted by atomic mass is 10.2. The predicted molar refractivity (Wildman–Crippen MR) is 87.0 cm³/mol. The molecule has 1 N–H and O–H groups in total. The fourth-order valence-electron chi connectivity index (χ4n) is 2.99. The smallest absolute Gasteiger partial charge is 0.272 e. The molecule has 7 nitrogen and oxygen atoms in total. The van der Waals surface area contributed by atoms with E-state index in [0.29, 0.717) is 31.9 Å². The molecule has 0 spiro atoms. The van der Waals surface area contributed by atoms with Crippen LogP contribution in [0.3, 0.4) is 0 Å². The van der Waals surface area contributed by atoms with Crippen molar-refractivity contribution < 1.29 is 9.59 Å². The van der Waals surface area contributed by atoms with E-state index < -0.39 is 0 Å². The van der Waals surface area contributed by atoms with E-state index in [9.17, 15) is 9.59 Å². The van der Waals surface area contributed by atoms with Crippen LogP contribution in [-0.4, -0.2) is 63.0 Å². The van der Waals surface area contributed by atoms with Gasteiger partial charge in [-0.05, 0) is 31.0 Å². The van der Waals surface area contributed by atoms with Gasteiger partial charge in [-0.2, -0.15) is 5.10 Å². The Morgan fingerprint density at radius 2 is 1.71 bits per heavy atom. The number of nitrogens with zero attached hydrogens (tertiary/aromatic N) is 4. The van der Waals surface area contributed by atoms with E-state index in [1.165, 1.54) is 0 Å². The fraction of sp³-hybridized carbons (Fsp3) is 0.412. The molecule has 1 aliphatic heterocycles. The lowest BCUT2D eigenvalue weighted by molar-refractivity contribution is -0.134. The largest absolute Gasteiger partial charge is 0.339 e. The number of carbonyl (C=O) groups excluding carboxylic acids is 2. The van der Waals surface area contributed by atoms with Crippen LogP contribution < -0.4 is 0 Å². The molecule has 2 aromatic heterocycles. The molecule has 1 aliphatic carbocycles. The number of pyridine rings is 1. The SMILES string of the molecule is O=C(c1cc(-c2ccncc2)n[nH]1)N1CCN(C(=O)C2CC2)CC1. The second-order valence-electron chi connectivity index (χ2n) is 6.29. The summed E-state index contributed by atoms with van der Waals surface area (Å²) in [6.45, 7) is 2.38. The Kier molecular flexibility index (Phi) is 3.76. The summed E-state index contributed by atoms with van der Waals surface area (Å²) >= 11 is 0. The molecule has 0 aromatic carbocycles. The summed E-state index contributed by atoms with van der Waals surface area (Å²) in [7, 11) is 0. The normalized spacial score (nSPS) is 17.8. The van der Waals surface area contributed by atoms with Crippen LogP contribution in [0.5, 0.6) is 0 Å². The molecule has 2 aromatic rings. The van der Waals surface area contributed by atoms with Gasteiger partial charge in [0, 0.05) is 50.1 Å². The highest BCUT2D eigenvalue weighted by Crippen LogP contribution is 2.31. The first-order valence-electron chi connectivity index (χ1n) is 8.26. The van der Waals surface area contributed by atoms with Crippen molar-refractivity contribution in [2.75, 3.05) is 26.2 Å². The van der Waals surface area contributed by atoms with Gasteiger partial charge in [-0.3, -0.25) is 19.7 Å². The van der Waals surface area contributed by atoms with Crippen LogP contribution in [0.25, 0.3) is 11.3 Å². The van der Waals surface area contributed by atoms with E-state index in [2.05, 4.69) is 15.2 Å². The van der Waals surface area contributed by atoms with Crippen molar-refractivity contribution in [3.05, 3.63) is 36.3 Å². The Hall–Kier alpha value is -2.70. The Balaban J connectivity index is 1.40. The molecule has 7 heteroatoms. The number of nitrogens with one attached hydrogen (secondary N) is 1. The first-order valence-corrected chi connectivity index (χ1v) is 8.26. The third kappa shape index (κ3) is 2.89. The van der Waals surface area contributed by atoms with Crippen LogP contribution in [0, 0.1) is 5.92 Å². The molecular formula is C17H19N5O2. The van der Waals surface area contributed by atoms with Crippen molar-refractivity contribution in [2.24, 2.45) is 5.92 Å². The van der Waals surface area contributed by atoms with Gasteiger partial charge in [0.1, 0.15) is 5.69 Å². The third-order valence-corrected chi connectivity index (χ3v) is 4.59. The maximum absolute atomic E-state index is 12.6. The Labute approximate surface area is 139 Å². The molecule has 2 amide bonds. The fourth-order valence-corrected chi connectivity index (χ4v) is 2.99. The zero-order valence-electron chi connectivity index (χ0n) is 13.3. The Morgan fingerprint density at radius 3 is 2.38 bits per heavy atom. The first-order chi connectivity index (χ1) is 11.7. The molecule has 0 unspecified atom stereocenters. The molecule has 24 heavy (non-hydrogen) atoms. The first kappa shape index (κ1) is 14.9. The number of hydrogen-bond donors (Lipinski definition) is 1. The molecule has 0 atom stereocenters. The maximum Gasteiger partial charge on any atom is 0.272 e. The standard InChI is InChI=1S/C17H19N5O2/c23-16(13-1-2-13)21-7-9-22(10-8-21)17(24)15-11-14(19-20-15)12-3-5-18-6-4-12/h3-6,11,13H,1-2,7-10H2,(H,19,20). The summed E-state index contributed by atoms with van der Waals surface area (Å²) < 4.78 is 0. The van der Waals surface area contributed by atoms with E-state index in [1.54, 1.807) is 23.4 Å². The summed E-state index contributed by atoms with van der Waals surface area (Å²) in [6.07, 6.45) is 5.43. The number of hydrogen-bond acceptors (Lipinski definition) is 4. The molecule has 4 rings (SSSR count). The highest BCUT2D eigenvalue weighted by molar-refractivity contribution is 5.93. The van der Waals surface area contributed by atoms with Crippen molar-refractivity contribution in [1.82, 2.24) is 25.0 Å². The van der Waals surface area contributed by atoms with Crippen molar-refractivity contribution in [3.63, 3.8) is 0 Å². The second kappa shape index (κ2) is 6.07. The quantitative estimate of drug-likeness (QED) is 0.918. The average Bonchev–Trinajstić information content (AvgIpc) is 3.38. The van der Waals surface area contributed by atoms with Gasteiger partial charge in [-0.15, -0.1) is 0 Å². The zero-order chi connectivity index (χ0) is 16.5. The van der Waals surface area contributed by atoms with Crippen molar-refractivity contribution >= 4 is 11.8 Å². The van der Waals surface area contributed by atoms with E-state index in [-0.39, 0.29) is 17.7 Å². The monoisotopic (exact) mass is 325 g/mol. The van der Waals surface area contributed by atoms with Gasteiger partial charge < -0.3 is 9.80 Å². The number of aromatic nitrogens is 3. The van der Waals surface area contributed by atoms with E-state index >= 15 is 0 Å². The minimum atomic E-state index is -0.0682. The number of H-pyrrole nitrogens is 1. The topological polar surface area (TPSA) is 82.2 Å². The highest BCUT2D eigenvalue weighted by atomic mass is 16.2. The molecule has 2 fully saturated rings. The lowest BCUT2D eigenvalue weighted by Gasteiger charge is -2.34. The van der Waals surface area contributed by atoms with Gasteiger partial charge in [0.15, 0.2) is 0 Å². The number of piperazine rings is 1. The highest BCUT2D eigenvalue weighted by Gasteiger charge is 2.35. The van der Waals surface area contributed by atoms with Gasteiger partial charge >= 0.3 is 0 Å². The van der Waals surface area contributed by atoms with E-state index in [1.807, 2.05) is 17.0 Å². The van der Waals surface area contributed by atoms with Gasteiger partial charge in [-0.25, -0.2) is 0 Å². The molecule has 0 radical (unpaired) electrons. The number of amides is 2. The van der Waals surface area contributed by atoms with Crippen LogP contribution in [0.4, 0.5) is 0 Å².